The average Bonchev–Trinajstić information content (AvgIpc) is 2.60. The first-order chi connectivity index (χ1) is 8.12. The van der Waals surface area contributed by atoms with Gasteiger partial charge in [-0.15, -0.1) is 0 Å². The molecule has 1 fully saturated rings. The minimum absolute atomic E-state index is 0.0131. The van der Waals surface area contributed by atoms with Crippen LogP contribution in [0.1, 0.15) is 37.4 Å². The van der Waals surface area contributed by atoms with Crippen molar-refractivity contribution in [3.63, 3.8) is 0 Å². The molecule has 1 unspecified atom stereocenters. The van der Waals surface area contributed by atoms with Gasteiger partial charge in [0.05, 0.1) is 28.0 Å². The summed E-state index contributed by atoms with van der Waals surface area (Å²) in [6.45, 7) is 0. The third-order valence-corrected chi connectivity index (χ3v) is 4.35. The van der Waals surface area contributed by atoms with Crippen LogP contribution in [-0.2, 0) is 11.8 Å². The van der Waals surface area contributed by atoms with Crippen molar-refractivity contribution in [3.05, 3.63) is 16.4 Å². The van der Waals surface area contributed by atoms with Gasteiger partial charge in [-0.1, -0.05) is 0 Å². The Bertz CT molecular complexity index is 364. The number of rotatable bonds is 5. The molecule has 1 aliphatic carbocycles. The lowest BCUT2D eigenvalue weighted by atomic mass is 9.75. The van der Waals surface area contributed by atoms with Gasteiger partial charge in [0.1, 0.15) is 0 Å². The normalized spacial score (nSPS) is 20.0. The van der Waals surface area contributed by atoms with E-state index >= 15 is 0 Å². The number of aromatic nitrogens is 2. The van der Waals surface area contributed by atoms with Crippen LogP contribution in [-0.4, -0.2) is 22.5 Å². The average molecular weight is 303 g/mol. The van der Waals surface area contributed by atoms with Crippen LogP contribution in [0.15, 0.2) is 10.7 Å². The second-order valence-corrected chi connectivity index (χ2v) is 5.52. The molecular formula is C11H19BrN4O. The first kappa shape index (κ1) is 13.0. The zero-order valence-electron chi connectivity index (χ0n) is 10.2. The van der Waals surface area contributed by atoms with Crippen LogP contribution in [0.5, 0.6) is 0 Å². The summed E-state index contributed by atoms with van der Waals surface area (Å²) in [5, 5.41) is 4.22. The van der Waals surface area contributed by atoms with Crippen molar-refractivity contribution in [3.8, 4) is 0 Å². The first-order valence-corrected chi connectivity index (χ1v) is 6.60. The molecule has 6 heteroatoms. The summed E-state index contributed by atoms with van der Waals surface area (Å²) < 4.78 is 8.47. The van der Waals surface area contributed by atoms with Gasteiger partial charge >= 0.3 is 0 Å². The van der Waals surface area contributed by atoms with E-state index in [1.54, 1.807) is 13.3 Å². The van der Waals surface area contributed by atoms with Gasteiger partial charge in [-0.3, -0.25) is 16.0 Å². The molecule has 1 aliphatic rings. The molecule has 0 amide bonds. The predicted molar refractivity (Wildman–Crippen MR) is 69.2 cm³/mol. The smallest absolute Gasteiger partial charge is 0.0706 e. The predicted octanol–water partition coefficient (Wildman–Crippen LogP) is 1.65. The molecule has 0 radical (unpaired) electrons. The second kappa shape index (κ2) is 5.06. The largest absolute Gasteiger partial charge is 0.378 e. The Kier molecular flexibility index (Phi) is 3.87. The zero-order valence-corrected chi connectivity index (χ0v) is 11.8. The SMILES string of the molecule is COC1(CC(NN)c2c(Br)cnn2C)CCC1. The maximum absolute atomic E-state index is 5.67. The molecule has 0 aliphatic heterocycles. The number of aryl methyl sites for hydroxylation is 1. The molecule has 5 nitrogen and oxygen atoms in total. The number of nitrogens with two attached hydrogens (primary N) is 1. The minimum Gasteiger partial charge on any atom is -0.378 e. The fourth-order valence-corrected chi connectivity index (χ4v) is 3.11. The van der Waals surface area contributed by atoms with E-state index in [0.29, 0.717) is 0 Å². The van der Waals surface area contributed by atoms with E-state index in [4.69, 9.17) is 10.6 Å². The van der Waals surface area contributed by atoms with Crippen LogP contribution < -0.4 is 11.3 Å². The standard InChI is InChI=1S/C11H19BrN4O/c1-16-10(8(12)7-14-16)9(15-13)6-11(17-2)4-3-5-11/h7,9,15H,3-6,13H2,1-2H3. The Morgan fingerprint density at radius 1 is 1.71 bits per heavy atom. The molecular weight excluding hydrogens is 284 g/mol. The van der Waals surface area contributed by atoms with Gasteiger partial charge in [0.15, 0.2) is 0 Å². The summed E-state index contributed by atoms with van der Waals surface area (Å²) in [5.41, 5.74) is 3.93. The molecule has 0 spiro atoms. The van der Waals surface area contributed by atoms with Gasteiger partial charge in [-0.25, -0.2) is 0 Å². The molecule has 1 aromatic heterocycles. The third kappa shape index (κ3) is 2.40. The molecule has 0 bridgehead atoms. The quantitative estimate of drug-likeness (QED) is 0.641. The maximum Gasteiger partial charge on any atom is 0.0706 e. The number of halogens is 1. The Hall–Kier alpha value is -0.430. The van der Waals surface area contributed by atoms with Crippen LogP contribution in [0.25, 0.3) is 0 Å². The molecule has 0 aromatic carbocycles. The van der Waals surface area contributed by atoms with E-state index in [1.165, 1.54) is 6.42 Å². The lowest BCUT2D eigenvalue weighted by Gasteiger charge is -2.42. The highest BCUT2D eigenvalue weighted by molar-refractivity contribution is 9.10. The molecule has 0 saturated heterocycles. The monoisotopic (exact) mass is 302 g/mol. The minimum atomic E-state index is -0.0131. The summed E-state index contributed by atoms with van der Waals surface area (Å²) in [5.74, 6) is 5.67. The van der Waals surface area contributed by atoms with Crippen molar-refractivity contribution < 1.29 is 4.74 Å². The van der Waals surface area contributed by atoms with E-state index in [0.717, 1.165) is 29.4 Å². The van der Waals surface area contributed by atoms with Gasteiger partial charge in [0.2, 0.25) is 0 Å². The van der Waals surface area contributed by atoms with Gasteiger partial charge in [0, 0.05) is 14.2 Å². The summed E-state index contributed by atoms with van der Waals surface area (Å²) in [6.07, 6.45) is 6.12. The lowest BCUT2D eigenvalue weighted by molar-refractivity contribution is -0.0843. The number of ether oxygens (including phenoxy) is 1. The van der Waals surface area contributed by atoms with Crippen molar-refractivity contribution >= 4 is 15.9 Å². The fraction of sp³-hybridized carbons (Fsp3) is 0.727. The summed E-state index contributed by atoms with van der Waals surface area (Å²) >= 11 is 3.51. The number of hydrazine groups is 1. The highest BCUT2D eigenvalue weighted by Gasteiger charge is 2.40. The second-order valence-electron chi connectivity index (χ2n) is 4.67. The van der Waals surface area contributed by atoms with Gasteiger partial charge < -0.3 is 4.74 Å². The third-order valence-electron chi connectivity index (χ3n) is 3.74. The summed E-state index contributed by atoms with van der Waals surface area (Å²) in [6, 6.07) is 0.0529. The molecule has 2 rings (SSSR count). The first-order valence-electron chi connectivity index (χ1n) is 5.80. The van der Waals surface area contributed by atoms with Gasteiger partial charge in [-0.2, -0.15) is 5.10 Å². The van der Waals surface area contributed by atoms with E-state index in [-0.39, 0.29) is 11.6 Å². The number of nitrogens with zero attached hydrogens (tertiary/aromatic N) is 2. The number of methoxy groups -OCH3 is 1. The van der Waals surface area contributed by atoms with Crippen molar-refractivity contribution in [2.24, 2.45) is 12.9 Å². The Balaban J connectivity index is 2.17. The van der Waals surface area contributed by atoms with Crippen molar-refractivity contribution in [2.45, 2.75) is 37.3 Å². The van der Waals surface area contributed by atoms with E-state index in [2.05, 4.69) is 26.5 Å². The topological polar surface area (TPSA) is 65.1 Å². The Morgan fingerprint density at radius 2 is 2.41 bits per heavy atom. The van der Waals surface area contributed by atoms with Crippen molar-refractivity contribution in [1.29, 1.82) is 0 Å². The molecule has 3 N–H and O–H groups in total. The summed E-state index contributed by atoms with van der Waals surface area (Å²) in [7, 11) is 3.70. The lowest BCUT2D eigenvalue weighted by Crippen LogP contribution is -2.44. The molecule has 17 heavy (non-hydrogen) atoms. The van der Waals surface area contributed by atoms with E-state index in [9.17, 15) is 0 Å². The zero-order chi connectivity index (χ0) is 12.5. The van der Waals surface area contributed by atoms with Crippen molar-refractivity contribution in [1.82, 2.24) is 15.2 Å². The molecule has 1 atom stereocenters. The highest BCUT2D eigenvalue weighted by atomic mass is 79.9. The van der Waals surface area contributed by atoms with Gasteiger partial charge in [0.25, 0.3) is 0 Å². The van der Waals surface area contributed by atoms with Crippen LogP contribution in [0.3, 0.4) is 0 Å². The number of nitrogens with one attached hydrogen (secondary N) is 1. The van der Waals surface area contributed by atoms with Crippen LogP contribution in [0.2, 0.25) is 0 Å². The molecule has 1 heterocycles. The highest BCUT2D eigenvalue weighted by Crippen LogP contribution is 2.42. The van der Waals surface area contributed by atoms with Crippen LogP contribution >= 0.6 is 15.9 Å². The fourth-order valence-electron chi connectivity index (χ4n) is 2.48. The van der Waals surface area contributed by atoms with Crippen LogP contribution in [0.4, 0.5) is 0 Å². The molecule has 1 saturated carbocycles. The number of hydrogen-bond donors (Lipinski definition) is 2. The number of hydrogen-bond acceptors (Lipinski definition) is 4. The van der Waals surface area contributed by atoms with Gasteiger partial charge in [-0.05, 0) is 41.6 Å². The Labute approximate surface area is 110 Å². The van der Waals surface area contributed by atoms with E-state index in [1.807, 2.05) is 11.7 Å². The maximum atomic E-state index is 5.67. The molecule has 1 aromatic rings. The van der Waals surface area contributed by atoms with E-state index < -0.39 is 0 Å². The summed E-state index contributed by atoms with van der Waals surface area (Å²) in [4.78, 5) is 0. The van der Waals surface area contributed by atoms with Crippen LogP contribution in [0, 0.1) is 0 Å². The Morgan fingerprint density at radius 3 is 2.76 bits per heavy atom. The molecule has 96 valence electrons. The van der Waals surface area contributed by atoms with Crippen molar-refractivity contribution in [2.75, 3.05) is 7.11 Å².